The summed E-state index contributed by atoms with van der Waals surface area (Å²) in [6, 6.07) is 5.87. The predicted octanol–water partition coefficient (Wildman–Crippen LogP) is 5.09. The third-order valence-electron chi connectivity index (χ3n) is 5.95. The van der Waals surface area contributed by atoms with Gasteiger partial charge >= 0.3 is 12.4 Å². The smallest absolute Gasteiger partial charge is 0.377 e. The van der Waals surface area contributed by atoms with Gasteiger partial charge in [-0.25, -0.2) is 4.39 Å². The third kappa shape index (κ3) is 8.16. The van der Waals surface area contributed by atoms with Crippen LogP contribution >= 0.6 is 0 Å². The molecule has 35 heavy (non-hydrogen) atoms. The predicted molar refractivity (Wildman–Crippen MR) is 117 cm³/mol. The van der Waals surface area contributed by atoms with Crippen LogP contribution in [0.25, 0.3) is 0 Å². The van der Waals surface area contributed by atoms with E-state index in [-0.39, 0.29) is 11.6 Å². The first-order valence-electron chi connectivity index (χ1n) is 11.3. The molecule has 2 atom stereocenters. The Hall–Kier alpha value is -2.21. The van der Waals surface area contributed by atoms with E-state index in [1.54, 1.807) is 0 Å². The largest absolute Gasteiger partial charge is 0.416 e. The van der Waals surface area contributed by atoms with Crippen molar-refractivity contribution < 1.29 is 35.8 Å². The number of alkyl halides is 6. The lowest BCUT2D eigenvalue weighted by atomic mass is 10.0. The molecule has 2 unspecified atom stereocenters. The molecule has 194 valence electrons. The van der Waals surface area contributed by atoms with Crippen molar-refractivity contribution in [2.45, 2.75) is 50.4 Å². The Morgan fingerprint density at radius 3 is 1.94 bits per heavy atom. The summed E-state index contributed by atoms with van der Waals surface area (Å²) in [5, 5.41) is 16.5. The van der Waals surface area contributed by atoms with Gasteiger partial charge in [0, 0.05) is 19.6 Å². The molecule has 0 aromatic heterocycles. The standard InChI is InChI=1S/C24H28F7N3O/c25-20-6-4-17(5-7-20)21(32-8-11-34-9-2-1-3-10-34)22(35)33-15-16-12-18(23(26,27)28)14-19(13-16)24(29,30)31/h4-7,12-14,21-22,32-33,35H,1-3,8-11,15H2. The number of aliphatic hydroxyl groups is 1. The lowest BCUT2D eigenvalue weighted by Crippen LogP contribution is -2.44. The first-order valence-corrected chi connectivity index (χ1v) is 11.3. The Labute approximate surface area is 199 Å². The van der Waals surface area contributed by atoms with Gasteiger partial charge in [0.05, 0.1) is 17.2 Å². The van der Waals surface area contributed by atoms with E-state index in [1.807, 2.05) is 0 Å². The summed E-state index contributed by atoms with van der Waals surface area (Å²) in [5.41, 5.74) is -2.61. The zero-order chi connectivity index (χ0) is 25.6. The zero-order valence-corrected chi connectivity index (χ0v) is 18.9. The van der Waals surface area contributed by atoms with Crippen LogP contribution in [0.4, 0.5) is 30.7 Å². The number of halogens is 7. The second kappa shape index (κ2) is 11.7. The quantitative estimate of drug-likeness (QED) is 0.327. The number of piperidine rings is 1. The van der Waals surface area contributed by atoms with Crippen LogP contribution in [-0.2, 0) is 18.9 Å². The van der Waals surface area contributed by atoms with Crippen LogP contribution in [0.1, 0.15) is 47.6 Å². The van der Waals surface area contributed by atoms with Crippen LogP contribution in [0.2, 0.25) is 0 Å². The minimum absolute atomic E-state index is 0.0589. The van der Waals surface area contributed by atoms with Crippen molar-refractivity contribution >= 4 is 0 Å². The minimum atomic E-state index is -4.96. The van der Waals surface area contributed by atoms with Crippen molar-refractivity contribution in [3.8, 4) is 0 Å². The molecule has 1 fully saturated rings. The molecule has 1 aliphatic heterocycles. The second-order valence-electron chi connectivity index (χ2n) is 8.63. The van der Waals surface area contributed by atoms with Gasteiger partial charge in [-0.1, -0.05) is 18.6 Å². The van der Waals surface area contributed by atoms with Crippen molar-refractivity contribution in [3.05, 3.63) is 70.5 Å². The maximum absolute atomic E-state index is 13.4. The fourth-order valence-electron chi connectivity index (χ4n) is 4.10. The Balaban J connectivity index is 1.72. The topological polar surface area (TPSA) is 47.5 Å². The maximum atomic E-state index is 13.4. The van der Waals surface area contributed by atoms with Crippen LogP contribution in [0.5, 0.6) is 0 Å². The molecule has 0 radical (unpaired) electrons. The van der Waals surface area contributed by atoms with E-state index in [4.69, 9.17) is 0 Å². The molecule has 2 aromatic rings. The molecule has 0 aliphatic carbocycles. The summed E-state index contributed by atoms with van der Waals surface area (Å²) in [6.45, 7) is 2.65. The molecule has 3 rings (SSSR count). The molecule has 1 saturated heterocycles. The van der Waals surface area contributed by atoms with Crippen molar-refractivity contribution in [2.24, 2.45) is 0 Å². The van der Waals surface area contributed by atoms with E-state index >= 15 is 0 Å². The number of nitrogens with one attached hydrogen (secondary N) is 2. The SMILES string of the molecule is OC(NCc1cc(C(F)(F)F)cc(C(F)(F)F)c1)C(NCCN1CCCCC1)c1ccc(F)cc1. The van der Waals surface area contributed by atoms with Gasteiger partial charge in [-0.3, -0.25) is 5.32 Å². The summed E-state index contributed by atoms with van der Waals surface area (Å²) in [4.78, 5) is 2.26. The highest BCUT2D eigenvalue weighted by Crippen LogP contribution is 2.36. The summed E-state index contributed by atoms with van der Waals surface area (Å²) in [7, 11) is 0. The number of hydrogen-bond donors (Lipinski definition) is 3. The average Bonchev–Trinajstić information content (AvgIpc) is 2.80. The lowest BCUT2D eigenvalue weighted by Gasteiger charge is -2.29. The average molecular weight is 507 g/mol. The van der Waals surface area contributed by atoms with Gasteiger partial charge in [-0.05, 0) is 67.4 Å². The van der Waals surface area contributed by atoms with Gasteiger partial charge in [-0.15, -0.1) is 0 Å². The molecule has 4 nitrogen and oxygen atoms in total. The molecular weight excluding hydrogens is 479 g/mol. The number of aliphatic hydroxyl groups excluding tert-OH is 1. The number of nitrogens with zero attached hydrogens (tertiary/aromatic N) is 1. The highest BCUT2D eigenvalue weighted by Gasteiger charge is 2.37. The van der Waals surface area contributed by atoms with E-state index in [2.05, 4.69) is 15.5 Å². The molecule has 1 heterocycles. The number of likely N-dealkylation sites (tertiary alicyclic amines) is 1. The maximum Gasteiger partial charge on any atom is 0.416 e. The molecule has 0 spiro atoms. The van der Waals surface area contributed by atoms with Crippen molar-refractivity contribution in [1.29, 1.82) is 0 Å². The van der Waals surface area contributed by atoms with Gasteiger partial charge in [-0.2, -0.15) is 26.3 Å². The van der Waals surface area contributed by atoms with E-state index in [0.717, 1.165) is 25.9 Å². The number of hydrogen-bond acceptors (Lipinski definition) is 4. The minimum Gasteiger partial charge on any atom is -0.377 e. The first-order chi connectivity index (χ1) is 16.4. The Bertz CT molecular complexity index is 909. The van der Waals surface area contributed by atoms with Gasteiger partial charge in [0.15, 0.2) is 0 Å². The molecule has 0 saturated carbocycles. The molecular formula is C24H28F7N3O. The first kappa shape index (κ1) is 27.4. The fourth-order valence-corrected chi connectivity index (χ4v) is 4.10. The highest BCUT2D eigenvalue weighted by molar-refractivity contribution is 5.33. The molecule has 3 N–H and O–H groups in total. The summed E-state index contributed by atoms with van der Waals surface area (Å²) >= 11 is 0. The van der Waals surface area contributed by atoms with Crippen molar-refractivity contribution in [1.82, 2.24) is 15.5 Å². The molecule has 0 amide bonds. The van der Waals surface area contributed by atoms with Crippen LogP contribution in [-0.4, -0.2) is 42.4 Å². The van der Waals surface area contributed by atoms with Gasteiger partial charge in [0.25, 0.3) is 0 Å². The molecule has 11 heteroatoms. The van der Waals surface area contributed by atoms with Gasteiger partial charge in [0.1, 0.15) is 12.0 Å². The van der Waals surface area contributed by atoms with Crippen molar-refractivity contribution in [3.63, 3.8) is 0 Å². The Kier molecular flexibility index (Phi) is 9.14. The Morgan fingerprint density at radius 1 is 0.829 bits per heavy atom. The summed E-state index contributed by atoms with van der Waals surface area (Å²) in [6.07, 6.45) is -7.91. The fraction of sp³-hybridized carbons (Fsp3) is 0.500. The molecule has 0 bridgehead atoms. The summed E-state index contributed by atoms with van der Waals surface area (Å²) < 4.78 is 92.2. The highest BCUT2D eigenvalue weighted by atomic mass is 19.4. The number of benzene rings is 2. The van der Waals surface area contributed by atoms with E-state index in [9.17, 15) is 35.8 Å². The normalized spacial score (nSPS) is 17.4. The number of rotatable bonds is 9. The van der Waals surface area contributed by atoms with Crippen LogP contribution in [0.15, 0.2) is 42.5 Å². The zero-order valence-electron chi connectivity index (χ0n) is 18.9. The van der Waals surface area contributed by atoms with Gasteiger partial charge < -0.3 is 15.3 Å². The van der Waals surface area contributed by atoms with Crippen LogP contribution < -0.4 is 10.6 Å². The van der Waals surface area contributed by atoms with Crippen LogP contribution in [0, 0.1) is 5.82 Å². The van der Waals surface area contributed by atoms with E-state index in [1.165, 1.54) is 30.7 Å². The summed E-state index contributed by atoms with van der Waals surface area (Å²) in [5.74, 6) is -0.480. The van der Waals surface area contributed by atoms with Crippen molar-refractivity contribution in [2.75, 3.05) is 26.2 Å². The van der Waals surface area contributed by atoms with Gasteiger partial charge in [0.2, 0.25) is 0 Å². The van der Waals surface area contributed by atoms with E-state index < -0.39 is 48.1 Å². The Morgan fingerprint density at radius 2 is 1.40 bits per heavy atom. The third-order valence-corrected chi connectivity index (χ3v) is 5.95. The van der Waals surface area contributed by atoms with E-state index in [0.29, 0.717) is 30.8 Å². The monoisotopic (exact) mass is 507 g/mol. The molecule has 1 aliphatic rings. The lowest BCUT2D eigenvalue weighted by molar-refractivity contribution is -0.143. The van der Waals surface area contributed by atoms with Crippen LogP contribution in [0.3, 0.4) is 0 Å². The second-order valence-corrected chi connectivity index (χ2v) is 8.63. The molecule has 2 aromatic carbocycles.